The Bertz CT molecular complexity index is 135. The van der Waals surface area contributed by atoms with Crippen molar-refractivity contribution in [2.45, 2.75) is 33.2 Å². The van der Waals surface area contributed by atoms with E-state index in [1.54, 1.807) is 13.8 Å². The van der Waals surface area contributed by atoms with Crippen molar-refractivity contribution in [2.24, 2.45) is 0 Å². The van der Waals surface area contributed by atoms with Gasteiger partial charge >= 0.3 is 5.97 Å². The molecule has 0 bridgehead atoms. The first-order valence-electron chi connectivity index (χ1n) is 3.96. The fraction of sp³-hybridized carbons (Fsp3) is 0.875. The molecule has 0 aromatic heterocycles. The predicted octanol–water partition coefficient (Wildman–Crippen LogP) is 0.947. The number of hydrogen-bond acceptors (Lipinski definition) is 4. The summed E-state index contributed by atoms with van der Waals surface area (Å²) in [7, 11) is 1.33. The second kappa shape index (κ2) is 5.97. The van der Waals surface area contributed by atoms with Gasteiger partial charge in [-0.1, -0.05) is 0 Å². The van der Waals surface area contributed by atoms with Crippen LogP contribution in [0.25, 0.3) is 0 Å². The Morgan fingerprint density at radius 3 is 2.42 bits per heavy atom. The van der Waals surface area contributed by atoms with Crippen molar-refractivity contribution in [3.05, 3.63) is 0 Å². The second-order valence-electron chi connectivity index (χ2n) is 2.32. The van der Waals surface area contributed by atoms with Crippen LogP contribution in [0.2, 0.25) is 0 Å². The third-order valence-corrected chi connectivity index (χ3v) is 1.33. The third kappa shape index (κ3) is 4.31. The molecular weight excluding hydrogens is 160 g/mol. The largest absolute Gasteiger partial charge is 0.467 e. The van der Waals surface area contributed by atoms with Crippen molar-refractivity contribution in [3.8, 4) is 0 Å². The number of esters is 1. The smallest absolute Gasteiger partial charge is 0.334 e. The zero-order chi connectivity index (χ0) is 9.56. The highest BCUT2D eigenvalue weighted by Crippen LogP contribution is 2.00. The SMILES string of the molecule is CCOC(C)O[C@@H](C)C(=O)OC. The fourth-order valence-electron chi connectivity index (χ4n) is 0.783. The van der Waals surface area contributed by atoms with Crippen molar-refractivity contribution < 1.29 is 19.0 Å². The average Bonchev–Trinajstić information content (AvgIpc) is 2.03. The lowest BCUT2D eigenvalue weighted by atomic mass is 10.4. The van der Waals surface area contributed by atoms with Crippen molar-refractivity contribution in [3.63, 3.8) is 0 Å². The molecule has 0 aromatic carbocycles. The first-order valence-corrected chi connectivity index (χ1v) is 3.96. The molecular formula is C8H16O4. The zero-order valence-electron chi connectivity index (χ0n) is 7.99. The Balaban J connectivity index is 3.67. The van der Waals surface area contributed by atoms with Gasteiger partial charge in [0.1, 0.15) is 0 Å². The molecule has 0 radical (unpaired) electrons. The van der Waals surface area contributed by atoms with Crippen molar-refractivity contribution >= 4 is 5.97 Å². The van der Waals surface area contributed by atoms with Crippen LogP contribution in [0.15, 0.2) is 0 Å². The molecule has 0 heterocycles. The molecule has 1 unspecified atom stereocenters. The molecule has 72 valence electrons. The predicted molar refractivity (Wildman–Crippen MR) is 43.7 cm³/mol. The fourth-order valence-corrected chi connectivity index (χ4v) is 0.783. The summed E-state index contributed by atoms with van der Waals surface area (Å²) in [6, 6.07) is 0. The molecule has 0 aliphatic heterocycles. The highest BCUT2D eigenvalue weighted by atomic mass is 16.7. The number of ether oxygens (including phenoxy) is 3. The average molecular weight is 176 g/mol. The number of methoxy groups -OCH3 is 1. The molecule has 12 heavy (non-hydrogen) atoms. The van der Waals surface area contributed by atoms with E-state index in [9.17, 15) is 4.79 Å². The highest BCUT2D eigenvalue weighted by molar-refractivity contribution is 5.73. The summed E-state index contributed by atoms with van der Waals surface area (Å²) in [5, 5.41) is 0. The van der Waals surface area contributed by atoms with Crippen LogP contribution in [0, 0.1) is 0 Å². The Labute approximate surface area is 72.8 Å². The van der Waals surface area contributed by atoms with Crippen LogP contribution in [0.4, 0.5) is 0 Å². The molecule has 0 amide bonds. The van der Waals surface area contributed by atoms with E-state index < -0.39 is 6.10 Å². The summed E-state index contributed by atoms with van der Waals surface area (Å²) >= 11 is 0. The van der Waals surface area contributed by atoms with Gasteiger partial charge in [0.25, 0.3) is 0 Å². The maximum absolute atomic E-state index is 10.8. The van der Waals surface area contributed by atoms with E-state index >= 15 is 0 Å². The zero-order valence-corrected chi connectivity index (χ0v) is 7.99. The van der Waals surface area contributed by atoms with Crippen LogP contribution in [0.3, 0.4) is 0 Å². The van der Waals surface area contributed by atoms with E-state index in [2.05, 4.69) is 4.74 Å². The van der Waals surface area contributed by atoms with E-state index in [-0.39, 0.29) is 12.3 Å². The van der Waals surface area contributed by atoms with Crippen LogP contribution in [0.5, 0.6) is 0 Å². The van der Waals surface area contributed by atoms with E-state index in [0.29, 0.717) is 6.61 Å². The summed E-state index contributed by atoms with van der Waals surface area (Å²) < 4.78 is 14.7. The first-order chi connectivity index (χ1) is 5.61. The quantitative estimate of drug-likeness (QED) is 0.462. The Morgan fingerprint density at radius 2 is 2.00 bits per heavy atom. The Hall–Kier alpha value is -0.610. The second-order valence-corrected chi connectivity index (χ2v) is 2.32. The molecule has 0 fully saturated rings. The lowest BCUT2D eigenvalue weighted by Gasteiger charge is -2.16. The summed E-state index contributed by atoms with van der Waals surface area (Å²) in [4.78, 5) is 10.8. The molecule has 2 atom stereocenters. The molecule has 0 aromatic rings. The maximum atomic E-state index is 10.8. The van der Waals surface area contributed by atoms with E-state index in [1.165, 1.54) is 7.11 Å². The van der Waals surface area contributed by atoms with Gasteiger partial charge < -0.3 is 14.2 Å². The van der Waals surface area contributed by atoms with Crippen LogP contribution < -0.4 is 0 Å². The number of carbonyl (C=O) groups excluding carboxylic acids is 1. The minimum absolute atomic E-state index is 0.371. The van der Waals surface area contributed by atoms with E-state index in [0.717, 1.165) is 0 Å². The maximum Gasteiger partial charge on any atom is 0.334 e. The Kier molecular flexibility index (Phi) is 5.66. The molecule has 0 rings (SSSR count). The molecule has 0 aliphatic rings. The summed E-state index contributed by atoms with van der Waals surface area (Å²) in [6.07, 6.45) is -0.944. The van der Waals surface area contributed by atoms with Crippen LogP contribution in [0.1, 0.15) is 20.8 Å². The third-order valence-electron chi connectivity index (χ3n) is 1.33. The molecule has 0 spiro atoms. The molecule has 0 N–H and O–H groups in total. The van der Waals surface area contributed by atoms with Gasteiger partial charge in [-0.3, -0.25) is 0 Å². The lowest BCUT2D eigenvalue weighted by molar-refractivity contribution is -0.182. The van der Waals surface area contributed by atoms with Crippen molar-refractivity contribution in [1.29, 1.82) is 0 Å². The van der Waals surface area contributed by atoms with Crippen LogP contribution in [-0.4, -0.2) is 32.1 Å². The lowest BCUT2D eigenvalue weighted by Crippen LogP contribution is -2.27. The van der Waals surface area contributed by atoms with Crippen LogP contribution in [-0.2, 0) is 19.0 Å². The van der Waals surface area contributed by atoms with Crippen LogP contribution >= 0.6 is 0 Å². The Morgan fingerprint density at radius 1 is 1.42 bits per heavy atom. The number of hydrogen-bond donors (Lipinski definition) is 0. The molecule has 0 aliphatic carbocycles. The standard InChI is InChI=1S/C8H16O4/c1-5-11-7(3)12-6(2)8(9)10-4/h6-7H,5H2,1-4H3/t6-,7?/m0/s1. The highest BCUT2D eigenvalue weighted by Gasteiger charge is 2.16. The normalized spacial score (nSPS) is 15.3. The summed E-state index contributed by atoms with van der Waals surface area (Å²) in [6.45, 7) is 5.79. The molecule has 4 heteroatoms. The van der Waals surface area contributed by atoms with Gasteiger partial charge in [-0.05, 0) is 20.8 Å². The van der Waals surface area contributed by atoms with Gasteiger partial charge in [0, 0.05) is 6.61 Å². The minimum Gasteiger partial charge on any atom is -0.467 e. The molecule has 0 saturated heterocycles. The van der Waals surface area contributed by atoms with Gasteiger partial charge in [0.15, 0.2) is 12.4 Å². The van der Waals surface area contributed by atoms with Gasteiger partial charge in [-0.2, -0.15) is 0 Å². The van der Waals surface area contributed by atoms with Crippen molar-refractivity contribution in [2.75, 3.05) is 13.7 Å². The van der Waals surface area contributed by atoms with Gasteiger partial charge in [0.05, 0.1) is 7.11 Å². The van der Waals surface area contributed by atoms with E-state index in [1.807, 2.05) is 6.92 Å². The topological polar surface area (TPSA) is 44.8 Å². The van der Waals surface area contributed by atoms with Gasteiger partial charge in [0.2, 0.25) is 0 Å². The monoisotopic (exact) mass is 176 g/mol. The molecule has 4 nitrogen and oxygen atoms in total. The molecule has 0 saturated carbocycles. The minimum atomic E-state index is -0.573. The van der Waals surface area contributed by atoms with E-state index in [4.69, 9.17) is 9.47 Å². The first kappa shape index (κ1) is 11.4. The van der Waals surface area contributed by atoms with Gasteiger partial charge in [-0.15, -0.1) is 0 Å². The summed E-state index contributed by atoms with van der Waals surface area (Å²) in [5.74, 6) is -0.387. The summed E-state index contributed by atoms with van der Waals surface area (Å²) in [5.41, 5.74) is 0. The number of rotatable bonds is 5. The number of carbonyl (C=O) groups is 1. The van der Waals surface area contributed by atoms with Crippen molar-refractivity contribution in [1.82, 2.24) is 0 Å². The van der Waals surface area contributed by atoms with Gasteiger partial charge in [-0.25, -0.2) is 4.79 Å².